The van der Waals surface area contributed by atoms with Crippen LogP contribution in [0.25, 0.3) is 0 Å². The molecule has 0 unspecified atom stereocenters. The molecule has 17 heavy (non-hydrogen) atoms. The van der Waals surface area contributed by atoms with Gasteiger partial charge in [0.05, 0.1) is 26.3 Å². The van der Waals surface area contributed by atoms with Gasteiger partial charge in [-0.25, -0.2) is 0 Å². The average Bonchev–Trinajstić information content (AvgIpc) is 2.18. The number of nitrogens with zero attached hydrogens (tertiary/aromatic N) is 4. The van der Waals surface area contributed by atoms with Gasteiger partial charge in [-0.2, -0.15) is 0 Å². The summed E-state index contributed by atoms with van der Waals surface area (Å²) in [6.45, 7) is 3.72. The molecule has 7 heteroatoms. The van der Waals surface area contributed by atoms with Gasteiger partial charge in [-0.05, 0) is 0 Å². The second-order valence-electron chi connectivity index (χ2n) is 4.64. The van der Waals surface area contributed by atoms with Crippen LogP contribution in [-0.4, -0.2) is 87.3 Å². The highest BCUT2D eigenvalue weighted by molar-refractivity contribution is 7.66. The van der Waals surface area contributed by atoms with Gasteiger partial charge in [0.1, 0.15) is 0 Å². The van der Waals surface area contributed by atoms with Gasteiger partial charge < -0.3 is 17.1 Å². The highest BCUT2D eigenvalue weighted by atomic mass is 35.5. The van der Waals surface area contributed by atoms with Crippen molar-refractivity contribution in [1.82, 2.24) is 18.7 Å². The Bertz CT molecular complexity index is 201. The lowest BCUT2D eigenvalue weighted by molar-refractivity contribution is -0.00000439. The van der Waals surface area contributed by atoms with Crippen LogP contribution in [0, 0.1) is 0 Å². The Labute approximate surface area is 113 Å². The molecule has 1 fully saturated rings. The lowest BCUT2D eigenvalue weighted by Gasteiger charge is -2.46. The Morgan fingerprint density at radius 2 is 1.18 bits per heavy atom. The Kier molecular flexibility index (Phi) is 7.41. The molecule has 0 radical (unpaired) electrons. The minimum atomic E-state index is -1.53. The number of morpholine rings is 1. The molecule has 0 bridgehead atoms. The highest BCUT2D eigenvalue weighted by Crippen LogP contribution is 2.66. The summed E-state index contributed by atoms with van der Waals surface area (Å²) in [6, 6.07) is 0. The Balaban J connectivity index is 0.00000256. The fraction of sp³-hybridized carbons (Fsp3) is 1.00. The summed E-state index contributed by atoms with van der Waals surface area (Å²) in [5, 5.41) is 0. The normalized spacial score (nSPS) is 18.9. The van der Waals surface area contributed by atoms with Gasteiger partial charge in [-0.15, -0.1) is 18.7 Å². The lowest BCUT2D eigenvalue weighted by Crippen LogP contribution is -3.00. The Morgan fingerprint density at radius 1 is 0.824 bits per heavy atom. The number of rotatable bonds is 4. The minimum absolute atomic E-state index is 0. The van der Waals surface area contributed by atoms with E-state index in [-0.39, 0.29) is 12.4 Å². The van der Waals surface area contributed by atoms with Crippen LogP contribution >= 0.6 is 7.87 Å². The molecule has 0 N–H and O–H groups in total. The van der Waals surface area contributed by atoms with E-state index in [1.807, 2.05) is 0 Å². The molecule has 1 saturated heterocycles. The smallest absolute Gasteiger partial charge is 0.307 e. The molecule has 0 atom stereocenters. The van der Waals surface area contributed by atoms with Crippen LogP contribution < -0.4 is 12.4 Å². The van der Waals surface area contributed by atoms with Crippen LogP contribution in [0.2, 0.25) is 0 Å². The number of hydrogen-bond acceptors (Lipinski definition) is 5. The molecule has 0 spiro atoms. The fourth-order valence-corrected chi connectivity index (χ4v) is 7.02. The van der Waals surface area contributed by atoms with Gasteiger partial charge in [-0.1, -0.05) is 0 Å². The summed E-state index contributed by atoms with van der Waals surface area (Å²) in [6.07, 6.45) is 0. The van der Waals surface area contributed by atoms with E-state index in [9.17, 15) is 0 Å². The highest BCUT2D eigenvalue weighted by Gasteiger charge is 2.54. The van der Waals surface area contributed by atoms with Gasteiger partial charge in [0, 0.05) is 42.3 Å². The van der Waals surface area contributed by atoms with E-state index in [4.69, 9.17) is 4.74 Å². The van der Waals surface area contributed by atoms with Crippen molar-refractivity contribution in [1.29, 1.82) is 0 Å². The number of ether oxygens (including phenoxy) is 1. The van der Waals surface area contributed by atoms with E-state index in [1.165, 1.54) is 0 Å². The zero-order valence-electron chi connectivity index (χ0n) is 11.9. The van der Waals surface area contributed by atoms with Crippen molar-refractivity contribution in [2.45, 2.75) is 0 Å². The maximum Gasteiger partial charge on any atom is 0.307 e. The van der Waals surface area contributed by atoms with Crippen LogP contribution in [0.1, 0.15) is 0 Å². The molecule has 0 aromatic rings. The van der Waals surface area contributed by atoms with Gasteiger partial charge >= 0.3 is 7.87 Å². The SMILES string of the molecule is CN(C)[P+](N(C)C)(N(C)C)N1CCOCC1.[Cl-]. The van der Waals surface area contributed by atoms with Crippen LogP contribution in [0.15, 0.2) is 0 Å². The second kappa shape index (κ2) is 7.19. The third kappa shape index (κ3) is 3.29. The van der Waals surface area contributed by atoms with Gasteiger partial charge in [0.15, 0.2) is 0 Å². The van der Waals surface area contributed by atoms with E-state index in [1.54, 1.807) is 0 Å². The van der Waals surface area contributed by atoms with E-state index in [2.05, 4.69) is 61.0 Å². The summed E-state index contributed by atoms with van der Waals surface area (Å²) in [5.74, 6) is 0. The van der Waals surface area contributed by atoms with Crippen LogP contribution in [0.5, 0.6) is 0 Å². The van der Waals surface area contributed by atoms with Crippen LogP contribution in [0.4, 0.5) is 0 Å². The van der Waals surface area contributed by atoms with Crippen molar-refractivity contribution >= 4 is 7.87 Å². The molecule has 0 amide bonds. The maximum atomic E-state index is 5.45. The van der Waals surface area contributed by atoms with E-state index < -0.39 is 7.87 Å². The predicted octanol–water partition coefficient (Wildman–Crippen LogP) is -2.31. The molecule has 0 saturated carbocycles. The third-order valence-electron chi connectivity index (χ3n) is 2.98. The zero-order chi connectivity index (χ0) is 12.3. The minimum Gasteiger partial charge on any atom is -1.00 e. The summed E-state index contributed by atoms with van der Waals surface area (Å²) in [4.78, 5) is 0. The average molecular weight is 285 g/mol. The largest absolute Gasteiger partial charge is 1.00 e. The van der Waals surface area contributed by atoms with Crippen molar-refractivity contribution in [2.75, 3.05) is 68.6 Å². The summed E-state index contributed by atoms with van der Waals surface area (Å²) < 4.78 is 15.1. The van der Waals surface area contributed by atoms with Crippen molar-refractivity contribution in [3.63, 3.8) is 0 Å². The quantitative estimate of drug-likeness (QED) is 0.540. The van der Waals surface area contributed by atoms with E-state index >= 15 is 0 Å². The summed E-state index contributed by atoms with van der Waals surface area (Å²) in [5.41, 5.74) is 0. The van der Waals surface area contributed by atoms with Gasteiger partial charge in [-0.3, -0.25) is 0 Å². The van der Waals surface area contributed by atoms with Crippen LogP contribution in [0.3, 0.4) is 0 Å². The molecular formula is C10H26ClN4OP. The van der Waals surface area contributed by atoms with Crippen molar-refractivity contribution in [3.05, 3.63) is 0 Å². The maximum absolute atomic E-state index is 5.45. The molecule has 0 aliphatic carbocycles. The summed E-state index contributed by atoms with van der Waals surface area (Å²) >= 11 is 0. The van der Waals surface area contributed by atoms with Gasteiger partial charge in [0.2, 0.25) is 0 Å². The third-order valence-corrected chi connectivity index (χ3v) is 7.36. The molecule has 104 valence electrons. The molecule has 0 aromatic heterocycles. The topological polar surface area (TPSA) is 22.2 Å². The molecule has 1 aliphatic rings. The van der Waals surface area contributed by atoms with E-state index in [0.717, 1.165) is 26.3 Å². The second-order valence-corrected chi connectivity index (χ2v) is 8.68. The van der Waals surface area contributed by atoms with Crippen LogP contribution in [-0.2, 0) is 4.74 Å². The lowest BCUT2D eigenvalue weighted by atomic mass is 10.5. The Hall–Kier alpha value is 0.520. The first-order chi connectivity index (χ1) is 7.44. The van der Waals surface area contributed by atoms with E-state index in [0.29, 0.717) is 0 Å². The van der Waals surface area contributed by atoms with Crippen molar-refractivity contribution in [2.24, 2.45) is 0 Å². The molecule has 1 heterocycles. The molecular weight excluding hydrogens is 259 g/mol. The first kappa shape index (κ1) is 17.5. The van der Waals surface area contributed by atoms with Crippen molar-refractivity contribution in [3.8, 4) is 0 Å². The molecule has 1 aliphatic heterocycles. The Morgan fingerprint density at radius 3 is 1.47 bits per heavy atom. The summed E-state index contributed by atoms with van der Waals surface area (Å²) in [7, 11) is 11.5. The predicted molar refractivity (Wildman–Crippen MR) is 70.4 cm³/mol. The van der Waals surface area contributed by atoms with Gasteiger partial charge in [0.25, 0.3) is 0 Å². The standard InChI is InChI=1S/C10H26N4OP.ClH/c1-11(2)16(12(3)4,13(5)6)14-7-9-15-10-8-14;/h7-10H2,1-6H3;1H/q+1;/p-1. The first-order valence-electron chi connectivity index (χ1n) is 5.69. The molecule has 1 rings (SSSR count). The monoisotopic (exact) mass is 284 g/mol. The molecule has 5 nitrogen and oxygen atoms in total. The zero-order valence-corrected chi connectivity index (χ0v) is 13.5. The van der Waals surface area contributed by atoms with Crippen molar-refractivity contribution < 1.29 is 17.1 Å². The number of hydrogen-bond donors (Lipinski definition) is 0. The number of halogens is 1. The fourth-order valence-electron chi connectivity index (χ4n) is 2.65. The molecule has 0 aromatic carbocycles. The first-order valence-corrected chi connectivity index (χ1v) is 7.29.